The van der Waals surface area contributed by atoms with Crippen molar-refractivity contribution in [2.24, 2.45) is 0 Å². The fraction of sp³-hybridized carbons (Fsp3) is 0.720. The van der Waals surface area contributed by atoms with E-state index in [1.165, 1.54) is 0 Å². The van der Waals surface area contributed by atoms with Gasteiger partial charge in [-0.3, -0.25) is 8.98 Å². The number of rotatable bonds is 18. The normalized spacial score (nSPS) is 12.1. The molecule has 0 amide bonds. The van der Waals surface area contributed by atoms with Crippen LogP contribution < -0.4 is 0 Å². The molecule has 190 valence electrons. The quantitative estimate of drug-likeness (QED) is 0.160. The van der Waals surface area contributed by atoms with Gasteiger partial charge in [0, 0.05) is 32.8 Å². The van der Waals surface area contributed by atoms with Gasteiger partial charge in [-0.25, -0.2) is 0 Å². The lowest BCUT2D eigenvalue weighted by molar-refractivity contribution is -0.154. The van der Waals surface area contributed by atoms with Crippen LogP contribution in [-0.4, -0.2) is 53.0 Å². The Kier molecular flexibility index (Phi) is 14.5. The van der Waals surface area contributed by atoms with E-state index in [2.05, 4.69) is 0 Å². The molecule has 7 nitrogen and oxygen atoms in total. The Balaban J connectivity index is 1.86. The Bertz CT molecular complexity index is 752. The van der Waals surface area contributed by atoms with E-state index in [-0.39, 0.29) is 17.5 Å². The van der Waals surface area contributed by atoms with Crippen molar-refractivity contribution in [2.75, 3.05) is 33.0 Å². The standard InChI is InChI=1S/C25H42O7S/c1-22-13-15-23(16-14-22)33(27,28)31-21-11-10-20-30-19-9-8-18-29-17-7-5-6-12-24(26)32-25(2,3)4/h13-16H,5-12,17-21H2,1-4H3. The number of benzene rings is 1. The van der Waals surface area contributed by atoms with E-state index in [9.17, 15) is 13.2 Å². The van der Waals surface area contributed by atoms with Crippen LogP contribution in [0.5, 0.6) is 0 Å². The Morgan fingerprint density at radius 1 is 0.758 bits per heavy atom. The van der Waals surface area contributed by atoms with Gasteiger partial charge in [0.2, 0.25) is 0 Å². The van der Waals surface area contributed by atoms with Crippen molar-refractivity contribution >= 4 is 16.1 Å². The summed E-state index contributed by atoms with van der Waals surface area (Å²) in [6.45, 7) is 10.4. The van der Waals surface area contributed by atoms with Crippen molar-refractivity contribution in [3.05, 3.63) is 29.8 Å². The molecule has 0 saturated carbocycles. The third-order valence-electron chi connectivity index (χ3n) is 4.65. The summed E-state index contributed by atoms with van der Waals surface area (Å²) >= 11 is 0. The van der Waals surface area contributed by atoms with Crippen LogP contribution in [0.15, 0.2) is 29.2 Å². The Morgan fingerprint density at radius 3 is 1.76 bits per heavy atom. The lowest BCUT2D eigenvalue weighted by Crippen LogP contribution is -2.23. The van der Waals surface area contributed by atoms with Crippen molar-refractivity contribution in [3.8, 4) is 0 Å². The first kappa shape index (κ1) is 29.6. The number of hydrogen-bond donors (Lipinski definition) is 0. The number of carbonyl (C=O) groups excluding carboxylic acids is 1. The molecule has 1 rings (SSSR count). The second-order valence-corrected chi connectivity index (χ2v) is 10.7. The molecule has 0 aliphatic carbocycles. The SMILES string of the molecule is Cc1ccc(S(=O)(=O)OCCCCOCCCCOCCCCCC(=O)OC(C)(C)C)cc1. The van der Waals surface area contributed by atoms with Gasteiger partial charge in [-0.1, -0.05) is 24.1 Å². The molecule has 33 heavy (non-hydrogen) atoms. The molecular weight excluding hydrogens is 444 g/mol. The Morgan fingerprint density at radius 2 is 1.24 bits per heavy atom. The van der Waals surface area contributed by atoms with Gasteiger partial charge in [-0.05, 0) is 78.4 Å². The van der Waals surface area contributed by atoms with Gasteiger partial charge in [-0.15, -0.1) is 0 Å². The van der Waals surface area contributed by atoms with Crippen LogP contribution in [0.25, 0.3) is 0 Å². The summed E-state index contributed by atoms with van der Waals surface area (Å²) in [5.74, 6) is -0.136. The molecule has 0 bridgehead atoms. The zero-order chi connectivity index (χ0) is 24.6. The molecule has 0 unspecified atom stereocenters. The van der Waals surface area contributed by atoms with E-state index in [0.29, 0.717) is 39.3 Å². The number of carbonyl (C=O) groups is 1. The van der Waals surface area contributed by atoms with Crippen LogP contribution in [0.1, 0.15) is 77.7 Å². The second kappa shape index (κ2) is 16.2. The first-order chi connectivity index (χ1) is 15.6. The first-order valence-electron chi connectivity index (χ1n) is 11.9. The zero-order valence-corrected chi connectivity index (χ0v) is 21.6. The largest absolute Gasteiger partial charge is 0.460 e. The van der Waals surface area contributed by atoms with Crippen molar-refractivity contribution in [1.29, 1.82) is 0 Å². The summed E-state index contributed by atoms with van der Waals surface area (Å²) in [7, 11) is -3.68. The highest BCUT2D eigenvalue weighted by atomic mass is 32.2. The molecule has 1 aromatic rings. The summed E-state index contributed by atoms with van der Waals surface area (Å²) < 4.78 is 45.7. The van der Waals surface area contributed by atoms with Crippen LogP contribution in [0, 0.1) is 6.92 Å². The summed E-state index contributed by atoms with van der Waals surface area (Å²) in [5.41, 5.74) is 0.591. The van der Waals surface area contributed by atoms with Crippen molar-refractivity contribution in [3.63, 3.8) is 0 Å². The number of aryl methyl sites for hydroxylation is 1. The smallest absolute Gasteiger partial charge is 0.306 e. The molecule has 8 heteroatoms. The molecule has 0 N–H and O–H groups in total. The van der Waals surface area contributed by atoms with Crippen LogP contribution in [0.2, 0.25) is 0 Å². The van der Waals surface area contributed by atoms with Crippen molar-refractivity contribution < 1.29 is 31.6 Å². The monoisotopic (exact) mass is 486 g/mol. The number of ether oxygens (including phenoxy) is 3. The zero-order valence-electron chi connectivity index (χ0n) is 20.8. The highest BCUT2D eigenvalue weighted by Gasteiger charge is 2.15. The van der Waals surface area contributed by atoms with Gasteiger partial charge in [0.25, 0.3) is 10.1 Å². The molecular formula is C25H42O7S. The average molecular weight is 487 g/mol. The van der Waals surface area contributed by atoms with Crippen molar-refractivity contribution in [2.45, 2.75) is 89.6 Å². The fourth-order valence-corrected chi connectivity index (χ4v) is 3.85. The molecule has 0 spiro atoms. The van der Waals surface area contributed by atoms with Gasteiger partial charge in [-0.2, -0.15) is 8.42 Å². The minimum absolute atomic E-state index is 0.136. The number of hydrogen-bond acceptors (Lipinski definition) is 7. The maximum atomic E-state index is 12.1. The summed E-state index contributed by atoms with van der Waals surface area (Å²) in [6, 6.07) is 6.63. The van der Waals surface area contributed by atoms with Gasteiger partial charge in [0.1, 0.15) is 5.60 Å². The molecule has 0 heterocycles. The lowest BCUT2D eigenvalue weighted by Gasteiger charge is -2.19. The third-order valence-corrected chi connectivity index (χ3v) is 5.97. The minimum Gasteiger partial charge on any atom is -0.460 e. The minimum atomic E-state index is -3.68. The number of unbranched alkanes of at least 4 members (excludes halogenated alkanes) is 4. The van der Waals surface area contributed by atoms with Gasteiger partial charge >= 0.3 is 5.97 Å². The highest BCUT2D eigenvalue weighted by molar-refractivity contribution is 7.86. The molecule has 0 aliphatic heterocycles. The van der Waals surface area contributed by atoms with Crippen LogP contribution in [0.4, 0.5) is 0 Å². The lowest BCUT2D eigenvalue weighted by atomic mass is 10.1. The second-order valence-electron chi connectivity index (χ2n) is 9.13. The number of esters is 1. The fourth-order valence-electron chi connectivity index (χ4n) is 2.90. The third kappa shape index (κ3) is 15.9. The van der Waals surface area contributed by atoms with Crippen LogP contribution in [-0.2, 0) is 33.3 Å². The molecule has 0 saturated heterocycles. The Hall–Kier alpha value is -1.48. The van der Waals surface area contributed by atoms with E-state index in [1.807, 2.05) is 27.7 Å². The van der Waals surface area contributed by atoms with Crippen molar-refractivity contribution in [1.82, 2.24) is 0 Å². The Labute approximate surface area is 200 Å². The van der Waals surface area contributed by atoms with E-state index >= 15 is 0 Å². The predicted molar refractivity (Wildman–Crippen MR) is 129 cm³/mol. The first-order valence-corrected chi connectivity index (χ1v) is 13.3. The van der Waals surface area contributed by atoms with E-state index in [4.69, 9.17) is 18.4 Å². The predicted octanol–water partition coefficient (Wildman–Crippen LogP) is 5.20. The summed E-state index contributed by atoms with van der Waals surface area (Å²) in [5, 5.41) is 0. The molecule has 0 aromatic heterocycles. The topological polar surface area (TPSA) is 88.1 Å². The van der Waals surface area contributed by atoms with E-state index < -0.39 is 15.7 Å². The average Bonchev–Trinajstić information content (AvgIpc) is 2.72. The molecule has 0 aliphatic rings. The van der Waals surface area contributed by atoms with Gasteiger partial charge in [0.05, 0.1) is 11.5 Å². The molecule has 0 radical (unpaired) electrons. The maximum absolute atomic E-state index is 12.1. The van der Waals surface area contributed by atoms with Gasteiger partial charge < -0.3 is 14.2 Å². The summed E-state index contributed by atoms with van der Waals surface area (Å²) in [6.07, 6.45) is 6.44. The highest BCUT2D eigenvalue weighted by Crippen LogP contribution is 2.14. The molecule has 1 aromatic carbocycles. The summed E-state index contributed by atoms with van der Waals surface area (Å²) in [4.78, 5) is 11.8. The molecule has 0 fully saturated rings. The maximum Gasteiger partial charge on any atom is 0.306 e. The van der Waals surface area contributed by atoms with Crippen LogP contribution in [0.3, 0.4) is 0 Å². The molecule has 0 atom stereocenters. The van der Waals surface area contributed by atoms with E-state index in [1.54, 1.807) is 24.3 Å². The van der Waals surface area contributed by atoms with E-state index in [0.717, 1.165) is 44.1 Å². The van der Waals surface area contributed by atoms with Gasteiger partial charge in [0.15, 0.2) is 0 Å². The van der Waals surface area contributed by atoms with Crippen LogP contribution >= 0.6 is 0 Å².